The highest BCUT2D eigenvalue weighted by Crippen LogP contribution is 2.21. The molecule has 0 radical (unpaired) electrons. The first-order chi connectivity index (χ1) is 8.06. The van der Waals surface area contributed by atoms with Gasteiger partial charge in [0.15, 0.2) is 5.82 Å². The van der Waals surface area contributed by atoms with Crippen LogP contribution in [-0.4, -0.2) is 15.0 Å². The molecule has 0 fully saturated rings. The van der Waals surface area contributed by atoms with E-state index >= 15 is 0 Å². The fourth-order valence-electron chi connectivity index (χ4n) is 1.47. The number of nitrogens with zero attached hydrogens (tertiary/aromatic N) is 3. The predicted molar refractivity (Wildman–Crippen MR) is 69.4 cm³/mol. The van der Waals surface area contributed by atoms with E-state index in [2.05, 4.69) is 28.8 Å². The van der Waals surface area contributed by atoms with E-state index < -0.39 is 0 Å². The smallest absolute Gasteiger partial charge is 0.198 e. The predicted octanol–water partition coefficient (Wildman–Crippen LogP) is 3.97. The monoisotopic (exact) mass is 267 g/mol. The van der Waals surface area contributed by atoms with Crippen LogP contribution in [0.1, 0.15) is 25.3 Å². The van der Waals surface area contributed by atoms with Crippen molar-refractivity contribution >= 4 is 23.2 Å². The molecule has 0 aliphatic heterocycles. The van der Waals surface area contributed by atoms with Crippen molar-refractivity contribution in [3.05, 3.63) is 40.4 Å². The zero-order valence-corrected chi connectivity index (χ0v) is 11.0. The minimum Gasteiger partial charge on any atom is -0.198 e. The van der Waals surface area contributed by atoms with Crippen molar-refractivity contribution in [3.8, 4) is 11.4 Å². The Hall–Kier alpha value is -1.19. The number of halogens is 2. The van der Waals surface area contributed by atoms with Crippen LogP contribution in [0.2, 0.25) is 10.6 Å². The summed E-state index contributed by atoms with van der Waals surface area (Å²) in [5.74, 6) is 0.986. The molecule has 5 heteroatoms. The maximum absolute atomic E-state index is 5.74. The van der Waals surface area contributed by atoms with Crippen LogP contribution in [0.4, 0.5) is 0 Å². The van der Waals surface area contributed by atoms with Gasteiger partial charge < -0.3 is 0 Å². The van der Waals surface area contributed by atoms with Crippen molar-refractivity contribution < 1.29 is 0 Å². The lowest BCUT2D eigenvalue weighted by molar-refractivity contribution is 0.866. The van der Waals surface area contributed by atoms with Crippen molar-refractivity contribution in [2.45, 2.75) is 19.8 Å². The molecular formula is C12H11Cl2N3. The number of hydrogen-bond donors (Lipinski definition) is 0. The molecule has 0 atom stereocenters. The molecule has 0 saturated heterocycles. The van der Waals surface area contributed by atoms with Crippen LogP contribution in [0.5, 0.6) is 0 Å². The molecule has 1 aromatic carbocycles. The van der Waals surface area contributed by atoms with Crippen LogP contribution in [0.3, 0.4) is 0 Å². The van der Waals surface area contributed by atoms with Gasteiger partial charge in [0.25, 0.3) is 0 Å². The van der Waals surface area contributed by atoms with Gasteiger partial charge in [-0.3, -0.25) is 0 Å². The number of benzene rings is 1. The van der Waals surface area contributed by atoms with Gasteiger partial charge in [-0.25, -0.2) is 0 Å². The van der Waals surface area contributed by atoms with Gasteiger partial charge in [-0.1, -0.05) is 38.1 Å². The quantitative estimate of drug-likeness (QED) is 0.827. The van der Waals surface area contributed by atoms with E-state index in [0.29, 0.717) is 11.7 Å². The Kier molecular flexibility index (Phi) is 3.60. The third-order valence-corrected chi connectivity index (χ3v) is 2.75. The molecule has 0 N–H and O–H groups in total. The zero-order valence-electron chi connectivity index (χ0n) is 9.48. The first-order valence-corrected chi connectivity index (χ1v) is 5.99. The highest BCUT2D eigenvalue weighted by Gasteiger charge is 2.06. The van der Waals surface area contributed by atoms with Crippen LogP contribution >= 0.6 is 23.2 Å². The molecule has 0 bridgehead atoms. The van der Waals surface area contributed by atoms with Crippen molar-refractivity contribution in [3.63, 3.8) is 0 Å². The molecule has 0 amide bonds. The van der Waals surface area contributed by atoms with Crippen molar-refractivity contribution in [1.29, 1.82) is 0 Å². The van der Waals surface area contributed by atoms with Crippen molar-refractivity contribution in [2.24, 2.45) is 0 Å². The Balaban J connectivity index is 2.39. The SMILES string of the molecule is CC(C)c1ccc(-c2nc(Cl)nc(Cl)n2)cc1. The van der Waals surface area contributed by atoms with Gasteiger partial charge in [0.2, 0.25) is 10.6 Å². The molecule has 2 rings (SSSR count). The van der Waals surface area contributed by atoms with Crippen LogP contribution < -0.4 is 0 Å². The minimum atomic E-state index is 0.105. The number of hydrogen-bond acceptors (Lipinski definition) is 3. The number of aromatic nitrogens is 3. The standard InChI is InChI=1S/C12H11Cl2N3/c1-7(2)8-3-5-9(6-4-8)10-15-11(13)17-12(14)16-10/h3-7H,1-2H3. The maximum Gasteiger partial charge on any atom is 0.227 e. The van der Waals surface area contributed by atoms with Crippen molar-refractivity contribution in [2.75, 3.05) is 0 Å². The summed E-state index contributed by atoms with van der Waals surface area (Å²) in [5, 5.41) is 0.209. The molecule has 0 aliphatic carbocycles. The molecule has 0 spiro atoms. The van der Waals surface area contributed by atoms with Gasteiger partial charge in [-0.2, -0.15) is 15.0 Å². The second-order valence-corrected chi connectivity index (χ2v) is 4.65. The third-order valence-electron chi connectivity index (χ3n) is 2.42. The summed E-state index contributed by atoms with van der Waals surface area (Å²) in [4.78, 5) is 11.8. The fraction of sp³-hybridized carbons (Fsp3) is 0.250. The lowest BCUT2D eigenvalue weighted by atomic mass is 10.0. The largest absolute Gasteiger partial charge is 0.227 e. The van der Waals surface area contributed by atoms with E-state index in [-0.39, 0.29) is 10.6 Å². The molecule has 88 valence electrons. The Bertz CT molecular complexity index is 504. The highest BCUT2D eigenvalue weighted by molar-refractivity contribution is 6.31. The Labute approximate surface area is 110 Å². The zero-order chi connectivity index (χ0) is 12.4. The first-order valence-electron chi connectivity index (χ1n) is 5.23. The molecule has 17 heavy (non-hydrogen) atoms. The average Bonchev–Trinajstić information content (AvgIpc) is 2.28. The summed E-state index contributed by atoms with van der Waals surface area (Å²) in [6, 6.07) is 8.01. The molecule has 1 aromatic heterocycles. The third kappa shape index (κ3) is 2.93. The van der Waals surface area contributed by atoms with Gasteiger partial charge in [-0.05, 0) is 34.7 Å². The van der Waals surface area contributed by atoms with Gasteiger partial charge in [-0.15, -0.1) is 0 Å². The van der Waals surface area contributed by atoms with Crippen molar-refractivity contribution in [1.82, 2.24) is 15.0 Å². The van der Waals surface area contributed by atoms with Gasteiger partial charge in [0, 0.05) is 5.56 Å². The molecule has 0 saturated carbocycles. The summed E-state index contributed by atoms with van der Waals surface area (Å²) >= 11 is 11.5. The summed E-state index contributed by atoms with van der Waals surface area (Å²) in [6.45, 7) is 4.29. The van der Waals surface area contributed by atoms with E-state index in [4.69, 9.17) is 23.2 Å². The second kappa shape index (κ2) is 4.98. The van der Waals surface area contributed by atoms with Gasteiger partial charge in [0.1, 0.15) is 0 Å². The lowest BCUT2D eigenvalue weighted by Crippen LogP contribution is -1.94. The van der Waals surface area contributed by atoms with E-state index in [0.717, 1.165) is 5.56 Å². The molecule has 0 unspecified atom stereocenters. The van der Waals surface area contributed by atoms with E-state index in [9.17, 15) is 0 Å². The highest BCUT2D eigenvalue weighted by atomic mass is 35.5. The molecule has 1 heterocycles. The van der Waals surface area contributed by atoms with Crippen LogP contribution in [0.25, 0.3) is 11.4 Å². The van der Waals surface area contributed by atoms with Crippen LogP contribution in [0.15, 0.2) is 24.3 Å². The Morgan fingerprint density at radius 2 is 1.41 bits per heavy atom. The summed E-state index contributed by atoms with van der Waals surface area (Å²) in [5.41, 5.74) is 2.14. The van der Waals surface area contributed by atoms with Crippen LogP contribution in [-0.2, 0) is 0 Å². The Morgan fingerprint density at radius 3 is 1.88 bits per heavy atom. The lowest BCUT2D eigenvalue weighted by Gasteiger charge is -2.06. The molecule has 0 aliphatic rings. The van der Waals surface area contributed by atoms with E-state index in [1.54, 1.807) is 0 Å². The van der Waals surface area contributed by atoms with Gasteiger partial charge >= 0.3 is 0 Å². The second-order valence-electron chi connectivity index (χ2n) is 3.97. The van der Waals surface area contributed by atoms with E-state index in [1.807, 2.05) is 24.3 Å². The molecule has 2 aromatic rings. The summed E-state index contributed by atoms with van der Waals surface area (Å²) in [7, 11) is 0. The first kappa shape index (κ1) is 12.3. The van der Waals surface area contributed by atoms with Gasteiger partial charge in [0.05, 0.1) is 0 Å². The minimum absolute atomic E-state index is 0.105. The molecule has 3 nitrogen and oxygen atoms in total. The fourth-order valence-corrected chi connectivity index (χ4v) is 1.84. The maximum atomic E-state index is 5.74. The summed E-state index contributed by atoms with van der Waals surface area (Å²) < 4.78 is 0. The topological polar surface area (TPSA) is 38.7 Å². The Morgan fingerprint density at radius 1 is 0.882 bits per heavy atom. The van der Waals surface area contributed by atoms with Crippen LogP contribution in [0, 0.1) is 0 Å². The average molecular weight is 268 g/mol. The molecular weight excluding hydrogens is 257 g/mol. The number of rotatable bonds is 2. The summed E-state index contributed by atoms with van der Waals surface area (Å²) in [6.07, 6.45) is 0. The van der Waals surface area contributed by atoms with E-state index in [1.165, 1.54) is 5.56 Å². The normalized spacial score (nSPS) is 10.9.